The molecular weight excluding hydrogens is 502 g/mol. The Kier molecular flexibility index (Phi) is 9.38. The number of carboxylic acid groups (broad SMARTS) is 1. The lowest BCUT2D eigenvalue weighted by Gasteiger charge is -2.30. The fraction of sp³-hybridized carbons (Fsp3) is 0.690. The number of amides is 2. The largest absolute Gasteiger partial charge is 0.481 e. The number of unbranched alkanes of at least 4 members (excludes halogenated alkanes) is 1. The lowest BCUT2D eigenvalue weighted by atomic mass is 9.84. The van der Waals surface area contributed by atoms with Crippen molar-refractivity contribution in [2.24, 2.45) is 11.3 Å². The van der Waals surface area contributed by atoms with Crippen LogP contribution in [0.2, 0.25) is 0 Å². The molecule has 1 aromatic rings. The second kappa shape index (κ2) is 12.6. The van der Waals surface area contributed by atoms with Gasteiger partial charge in [0.2, 0.25) is 12.7 Å². The van der Waals surface area contributed by atoms with Gasteiger partial charge >= 0.3 is 5.97 Å². The fourth-order valence-electron chi connectivity index (χ4n) is 5.90. The zero-order valence-corrected chi connectivity index (χ0v) is 23.7. The van der Waals surface area contributed by atoms with E-state index >= 15 is 0 Å². The highest BCUT2D eigenvalue weighted by atomic mass is 16.7. The maximum Gasteiger partial charge on any atom is 0.308 e. The number of hydroxylamine groups is 2. The Hall–Kier alpha value is -2.85. The highest BCUT2D eigenvalue weighted by Gasteiger charge is 2.48. The van der Waals surface area contributed by atoms with Crippen molar-refractivity contribution in [2.75, 3.05) is 46.1 Å². The van der Waals surface area contributed by atoms with Gasteiger partial charge in [-0.25, -0.2) is 5.06 Å². The number of fused-ring (bicyclic) bond motifs is 1. The summed E-state index contributed by atoms with van der Waals surface area (Å²) < 4.78 is 11.0. The predicted molar refractivity (Wildman–Crippen MR) is 144 cm³/mol. The Bertz CT molecular complexity index is 1040. The minimum atomic E-state index is -0.907. The number of hydrogen-bond donors (Lipinski definition) is 1. The monoisotopic (exact) mass is 545 g/mol. The van der Waals surface area contributed by atoms with Crippen LogP contribution in [0, 0.1) is 11.3 Å². The van der Waals surface area contributed by atoms with E-state index in [1.165, 1.54) is 5.06 Å². The van der Waals surface area contributed by atoms with Crippen molar-refractivity contribution in [1.29, 1.82) is 0 Å². The molecule has 10 heteroatoms. The van der Waals surface area contributed by atoms with Crippen molar-refractivity contribution in [3.05, 3.63) is 23.8 Å². The first-order valence-electron chi connectivity index (χ1n) is 14.2. The predicted octanol–water partition coefficient (Wildman–Crippen LogP) is 3.50. The number of likely N-dealkylation sites (tertiary alicyclic amines) is 2. The van der Waals surface area contributed by atoms with E-state index in [0.29, 0.717) is 50.7 Å². The number of carboxylic acids is 1. The molecule has 1 N–H and O–H groups in total. The molecule has 4 rings (SSSR count). The minimum Gasteiger partial charge on any atom is -0.481 e. The molecule has 216 valence electrons. The zero-order valence-electron chi connectivity index (χ0n) is 23.7. The van der Waals surface area contributed by atoms with Crippen molar-refractivity contribution in [1.82, 2.24) is 14.9 Å². The van der Waals surface area contributed by atoms with Crippen LogP contribution in [0.4, 0.5) is 0 Å². The van der Waals surface area contributed by atoms with Gasteiger partial charge in [0.15, 0.2) is 11.5 Å². The summed E-state index contributed by atoms with van der Waals surface area (Å²) in [6, 6.07) is 5.14. The van der Waals surface area contributed by atoms with Gasteiger partial charge in [-0.2, -0.15) is 0 Å². The number of nitrogens with zero attached hydrogens (tertiary/aromatic N) is 3. The first-order chi connectivity index (χ1) is 18.7. The number of aliphatic carboxylic acids is 1. The maximum absolute atomic E-state index is 13.4. The van der Waals surface area contributed by atoms with Crippen LogP contribution in [0.3, 0.4) is 0 Å². The van der Waals surface area contributed by atoms with Gasteiger partial charge in [-0.1, -0.05) is 40.2 Å². The molecule has 1 aromatic carbocycles. The van der Waals surface area contributed by atoms with Crippen molar-refractivity contribution < 1.29 is 33.8 Å². The van der Waals surface area contributed by atoms with Gasteiger partial charge in [-0.15, -0.1) is 0 Å². The normalized spacial score (nSPS) is 23.9. The van der Waals surface area contributed by atoms with Crippen LogP contribution < -0.4 is 9.47 Å². The molecule has 0 spiro atoms. The molecule has 10 nitrogen and oxygen atoms in total. The summed E-state index contributed by atoms with van der Waals surface area (Å²) in [5.41, 5.74) is 0.443. The molecule has 3 heterocycles. The highest BCUT2D eigenvalue weighted by Crippen LogP contribution is 2.43. The molecule has 3 atom stereocenters. The molecule has 1 unspecified atom stereocenters. The average Bonchev–Trinajstić information content (AvgIpc) is 3.58. The van der Waals surface area contributed by atoms with Gasteiger partial charge < -0.3 is 19.5 Å². The summed E-state index contributed by atoms with van der Waals surface area (Å²) in [5, 5.41) is 11.9. The SMILES string of the molecule is CCCCN(OCCC)C(=O)CN1C[C@H](c2ccc3c(c2)OCO3)C(C(=O)O)[C@@H]1CCN1CCC(C)(C)C1=O. The molecule has 2 amide bonds. The van der Waals surface area contributed by atoms with E-state index in [2.05, 4.69) is 6.92 Å². The summed E-state index contributed by atoms with van der Waals surface area (Å²) in [5.74, 6) is -0.827. The van der Waals surface area contributed by atoms with Crippen LogP contribution in [0.25, 0.3) is 0 Å². The quantitative estimate of drug-likeness (QED) is 0.375. The van der Waals surface area contributed by atoms with E-state index in [1.54, 1.807) is 0 Å². The van der Waals surface area contributed by atoms with Gasteiger partial charge in [0.25, 0.3) is 5.91 Å². The van der Waals surface area contributed by atoms with E-state index in [-0.39, 0.29) is 31.1 Å². The van der Waals surface area contributed by atoms with E-state index in [1.807, 2.05) is 48.8 Å². The smallest absolute Gasteiger partial charge is 0.308 e. The molecule has 2 saturated heterocycles. The fourth-order valence-corrected chi connectivity index (χ4v) is 5.90. The molecule has 0 aliphatic carbocycles. The van der Waals surface area contributed by atoms with E-state index < -0.39 is 23.3 Å². The lowest BCUT2D eigenvalue weighted by molar-refractivity contribution is -0.188. The molecule has 0 radical (unpaired) electrons. The molecule has 39 heavy (non-hydrogen) atoms. The molecule has 0 saturated carbocycles. The first-order valence-corrected chi connectivity index (χ1v) is 14.2. The van der Waals surface area contributed by atoms with Crippen LogP contribution in [0.15, 0.2) is 18.2 Å². The minimum absolute atomic E-state index is 0.0579. The standard InChI is InChI=1S/C29H43N3O7/c1-5-7-12-32(39-15-6-2)25(33)18-31-17-21(20-8-9-23-24(16-20)38-19-37-23)26(27(34)35)22(31)10-13-30-14-11-29(3,4)28(30)36/h8-9,16,21-22,26H,5-7,10-15,17-19H2,1-4H3,(H,34,35)/t21-,22+,26?/m1/s1. The third-order valence-corrected chi connectivity index (χ3v) is 8.21. The second-order valence-electron chi connectivity index (χ2n) is 11.5. The molecule has 0 aromatic heterocycles. The van der Waals surface area contributed by atoms with Crippen molar-refractivity contribution in [2.45, 2.75) is 71.8 Å². The second-order valence-corrected chi connectivity index (χ2v) is 11.5. The van der Waals surface area contributed by atoms with Crippen LogP contribution in [0.5, 0.6) is 11.5 Å². The highest BCUT2D eigenvalue weighted by molar-refractivity contribution is 5.84. The van der Waals surface area contributed by atoms with E-state index in [4.69, 9.17) is 14.3 Å². The van der Waals surface area contributed by atoms with Crippen LogP contribution in [-0.4, -0.2) is 89.9 Å². The number of ether oxygens (including phenoxy) is 2. The summed E-state index contributed by atoms with van der Waals surface area (Å²) in [7, 11) is 0. The van der Waals surface area contributed by atoms with Gasteiger partial charge in [-0.05, 0) is 43.4 Å². The number of carbonyl (C=O) groups excluding carboxylic acids is 2. The molecule has 0 bridgehead atoms. The van der Waals surface area contributed by atoms with Gasteiger partial charge in [0.05, 0.1) is 19.1 Å². The number of hydrogen-bond acceptors (Lipinski definition) is 7. The summed E-state index contributed by atoms with van der Waals surface area (Å²) in [6.07, 6.45) is 3.79. The number of rotatable bonds is 13. The summed E-state index contributed by atoms with van der Waals surface area (Å²) in [4.78, 5) is 48.7. The number of benzene rings is 1. The summed E-state index contributed by atoms with van der Waals surface area (Å²) in [6.45, 7) is 10.6. The first kappa shape index (κ1) is 29.1. The maximum atomic E-state index is 13.4. The molecular formula is C29H43N3O7. The zero-order chi connectivity index (χ0) is 28.2. The number of carbonyl (C=O) groups is 3. The van der Waals surface area contributed by atoms with Crippen LogP contribution in [-0.2, 0) is 19.2 Å². The van der Waals surface area contributed by atoms with E-state index in [9.17, 15) is 19.5 Å². The molecule has 3 aliphatic rings. The van der Waals surface area contributed by atoms with Crippen molar-refractivity contribution in [3.8, 4) is 11.5 Å². The Morgan fingerprint density at radius 3 is 2.62 bits per heavy atom. The van der Waals surface area contributed by atoms with Gasteiger partial charge in [0, 0.05) is 43.6 Å². The Labute approximate surface area is 231 Å². The Morgan fingerprint density at radius 2 is 1.95 bits per heavy atom. The van der Waals surface area contributed by atoms with Crippen LogP contribution in [0.1, 0.15) is 71.3 Å². The van der Waals surface area contributed by atoms with Crippen LogP contribution >= 0.6 is 0 Å². The Morgan fingerprint density at radius 1 is 1.18 bits per heavy atom. The summed E-state index contributed by atoms with van der Waals surface area (Å²) >= 11 is 0. The molecule has 2 fully saturated rings. The lowest BCUT2D eigenvalue weighted by Crippen LogP contribution is -2.45. The van der Waals surface area contributed by atoms with Gasteiger partial charge in [0.1, 0.15) is 0 Å². The third kappa shape index (κ3) is 6.49. The topological polar surface area (TPSA) is 109 Å². The van der Waals surface area contributed by atoms with Crippen molar-refractivity contribution >= 4 is 17.8 Å². The molecule has 3 aliphatic heterocycles. The average molecular weight is 546 g/mol. The van der Waals surface area contributed by atoms with Gasteiger partial charge in [-0.3, -0.25) is 24.1 Å². The van der Waals surface area contributed by atoms with Crippen molar-refractivity contribution in [3.63, 3.8) is 0 Å². The third-order valence-electron chi connectivity index (χ3n) is 8.21. The Balaban J connectivity index is 1.58. The van der Waals surface area contributed by atoms with E-state index in [0.717, 1.165) is 31.2 Å².